The van der Waals surface area contributed by atoms with Crippen molar-refractivity contribution in [2.45, 2.75) is 18.6 Å². The molecule has 1 aromatic rings. The first-order chi connectivity index (χ1) is 5.83. The number of likely N-dealkylation sites (N-methyl/N-ethyl adjacent to an activating group) is 1. The number of aliphatic hydroxyl groups is 1. The Morgan fingerprint density at radius 2 is 2.17 bits per heavy atom. The van der Waals surface area contributed by atoms with Gasteiger partial charge in [-0.3, -0.25) is 0 Å². The van der Waals surface area contributed by atoms with Crippen LogP contribution in [-0.2, 0) is 6.42 Å². The van der Waals surface area contributed by atoms with Crippen LogP contribution in [0.15, 0.2) is 24.3 Å². The Labute approximate surface area is 72.2 Å². The molecular weight excluding hydrogens is 150 g/mol. The molecule has 2 nitrogen and oxygen atoms in total. The predicted molar refractivity (Wildman–Crippen MR) is 48.0 cm³/mol. The van der Waals surface area contributed by atoms with Crippen LogP contribution in [-0.4, -0.2) is 18.3 Å². The lowest BCUT2D eigenvalue weighted by atomic mass is 10.1. The number of hydrogen-bond donors (Lipinski definition) is 2. The second-order valence-electron chi connectivity index (χ2n) is 3.24. The maximum Gasteiger partial charge on any atom is 0.0775 e. The molecule has 2 atom stereocenters. The Bertz CT molecular complexity index is 285. The van der Waals surface area contributed by atoms with E-state index in [-0.39, 0.29) is 12.1 Å². The summed E-state index contributed by atoms with van der Waals surface area (Å²) < 4.78 is 0. The van der Waals surface area contributed by atoms with Crippen LogP contribution < -0.4 is 5.32 Å². The fraction of sp³-hybridized carbons (Fsp3) is 0.400. The van der Waals surface area contributed by atoms with Gasteiger partial charge in [-0.05, 0) is 18.2 Å². The maximum atomic E-state index is 9.65. The minimum Gasteiger partial charge on any atom is -0.391 e. The average molecular weight is 163 g/mol. The molecule has 0 unspecified atom stereocenters. The Morgan fingerprint density at radius 3 is 2.92 bits per heavy atom. The van der Waals surface area contributed by atoms with E-state index < -0.39 is 0 Å². The standard InChI is InChI=1S/C10H13NO/c1-11-10-8-5-3-2-4-7(8)6-9(10)12/h2-5,9-12H,6H2,1H3/t9-,10+/m0/s1. The molecule has 64 valence electrons. The van der Waals surface area contributed by atoms with Crippen LogP contribution in [0.2, 0.25) is 0 Å². The van der Waals surface area contributed by atoms with E-state index in [0.717, 1.165) is 6.42 Å². The van der Waals surface area contributed by atoms with Crippen molar-refractivity contribution < 1.29 is 5.11 Å². The van der Waals surface area contributed by atoms with Crippen molar-refractivity contribution in [2.75, 3.05) is 7.05 Å². The number of nitrogens with one attached hydrogen (secondary N) is 1. The Morgan fingerprint density at radius 1 is 1.42 bits per heavy atom. The molecule has 0 aromatic heterocycles. The van der Waals surface area contributed by atoms with E-state index >= 15 is 0 Å². The number of aliphatic hydroxyl groups excluding tert-OH is 1. The molecule has 0 amide bonds. The van der Waals surface area contributed by atoms with Crippen molar-refractivity contribution in [2.24, 2.45) is 0 Å². The Hall–Kier alpha value is -0.860. The van der Waals surface area contributed by atoms with Gasteiger partial charge in [0.1, 0.15) is 0 Å². The van der Waals surface area contributed by atoms with Crippen LogP contribution in [0.25, 0.3) is 0 Å². The zero-order valence-electron chi connectivity index (χ0n) is 7.12. The minimum absolute atomic E-state index is 0.126. The third-order valence-electron chi connectivity index (χ3n) is 2.51. The van der Waals surface area contributed by atoms with Crippen molar-refractivity contribution >= 4 is 0 Å². The van der Waals surface area contributed by atoms with Gasteiger partial charge in [0, 0.05) is 6.42 Å². The van der Waals surface area contributed by atoms with Gasteiger partial charge in [0.15, 0.2) is 0 Å². The molecule has 0 saturated heterocycles. The van der Waals surface area contributed by atoms with Gasteiger partial charge < -0.3 is 10.4 Å². The summed E-state index contributed by atoms with van der Waals surface area (Å²) in [6.45, 7) is 0. The lowest BCUT2D eigenvalue weighted by Crippen LogP contribution is -2.25. The summed E-state index contributed by atoms with van der Waals surface area (Å²) in [5.41, 5.74) is 2.51. The monoisotopic (exact) mass is 163 g/mol. The van der Waals surface area contributed by atoms with Gasteiger partial charge in [0.25, 0.3) is 0 Å². The first kappa shape index (κ1) is 7.77. The Balaban J connectivity index is 2.40. The van der Waals surface area contributed by atoms with Crippen LogP contribution in [0.4, 0.5) is 0 Å². The van der Waals surface area contributed by atoms with Crippen molar-refractivity contribution in [3.8, 4) is 0 Å². The molecule has 0 fully saturated rings. The normalized spacial score (nSPS) is 27.2. The molecule has 0 bridgehead atoms. The first-order valence-corrected chi connectivity index (χ1v) is 4.26. The third-order valence-corrected chi connectivity index (χ3v) is 2.51. The van der Waals surface area contributed by atoms with Gasteiger partial charge in [-0.1, -0.05) is 24.3 Å². The van der Waals surface area contributed by atoms with Crippen molar-refractivity contribution in [1.29, 1.82) is 0 Å². The smallest absolute Gasteiger partial charge is 0.0775 e. The fourth-order valence-corrected chi connectivity index (χ4v) is 1.92. The summed E-state index contributed by atoms with van der Waals surface area (Å²) in [5.74, 6) is 0. The van der Waals surface area contributed by atoms with Crippen molar-refractivity contribution in [3.63, 3.8) is 0 Å². The second-order valence-corrected chi connectivity index (χ2v) is 3.24. The largest absolute Gasteiger partial charge is 0.391 e. The van der Waals surface area contributed by atoms with Gasteiger partial charge in [0.2, 0.25) is 0 Å². The second kappa shape index (κ2) is 2.88. The molecule has 2 N–H and O–H groups in total. The fourth-order valence-electron chi connectivity index (χ4n) is 1.92. The number of rotatable bonds is 1. The van der Waals surface area contributed by atoms with Crippen LogP contribution in [0.1, 0.15) is 17.2 Å². The first-order valence-electron chi connectivity index (χ1n) is 4.26. The molecule has 1 aromatic carbocycles. The van der Waals surface area contributed by atoms with Crippen LogP contribution in [0, 0.1) is 0 Å². The molecule has 1 aliphatic carbocycles. The van der Waals surface area contributed by atoms with E-state index in [1.165, 1.54) is 11.1 Å². The molecular formula is C10H13NO. The molecule has 0 aliphatic heterocycles. The highest BCUT2D eigenvalue weighted by molar-refractivity contribution is 5.36. The zero-order valence-corrected chi connectivity index (χ0v) is 7.12. The number of hydrogen-bond acceptors (Lipinski definition) is 2. The lowest BCUT2D eigenvalue weighted by Gasteiger charge is -2.13. The molecule has 0 saturated carbocycles. The summed E-state index contributed by atoms with van der Waals surface area (Å²) in [4.78, 5) is 0. The van der Waals surface area contributed by atoms with Crippen LogP contribution >= 0.6 is 0 Å². The Kier molecular flexibility index (Phi) is 1.87. The zero-order chi connectivity index (χ0) is 8.55. The third kappa shape index (κ3) is 1.04. The van der Waals surface area contributed by atoms with Crippen LogP contribution in [0.3, 0.4) is 0 Å². The van der Waals surface area contributed by atoms with Crippen LogP contribution in [0.5, 0.6) is 0 Å². The number of benzene rings is 1. The highest BCUT2D eigenvalue weighted by Gasteiger charge is 2.28. The molecule has 1 aliphatic rings. The maximum absolute atomic E-state index is 9.65. The quantitative estimate of drug-likeness (QED) is 0.643. The molecule has 2 heteroatoms. The number of fused-ring (bicyclic) bond motifs is 1. The SMILES string of the molecule is CN[C@@H]1c2ccccc2C[C@@H]1O. The molecule has 12 heavy (non-hydrogen) atoms. The van der Waals surface area contributed by atoms with E-state index in [2.05, 4.69) is 17.4 Å². The van der Waals surface area contributed by atoms with Gasteiger partial charge in [-0.25, -0.2) is 0 Å². The molecule has 2 rings (SSSR count). The summed E-state index contributed by atoms with van der Waals surface area (Å²) in [6.07, 6.45) is 0.522. The topological polar surface area (TPSA) is 32.3 Å². The van der Waals surface area contributed by atoms with E-state index in [4.69, 9.17) is 0 Å². The molecule has 0 radical (unpaired) electrons. The van der Waals surface area contributed by atoms with Gasteiger partial charge in [-0.2, -0.15) is 0 Å². The summed E-state index contributed by atoms with van der Waals surface area (Å²) >= 11 is 0. The van der Waals surface area contributed by atoms with E-state index in [0.29, 0.717) is 0 Å². The van der Waals surface area contributed by atoms with E-state index in [9.17, 15) is 5.11 Å². The van der Waals surface area contributed by atoms with E-state index in [1.54, 1.807) is 0 Å². The highest BCUT2D eigenvalue weighted by atomic mass is 16.3. The lowest BCUT2D eigenvalue weighted by molar-refractivity contribution is 0.145. The van der Waals surface area contributed by atoms with Crippen molar-refractivity contribution in [1.82, 2.24) is 5.32 Å². The highest BCUT2D eigenvalue weighted by Crippen LogP contribution is 2.30. The molecule has 0 heterocycles. The van der Waals surface area contributed by atoms with Gasteiger partial charge in [0.05, 0.1) is 12.1 Å². The molecule has 0 spiro atoms. The van der Waals surface area contributed by atoms with Gasteiger partial charge >= 0.3 is 0 Å². The summed E-state index contributed by atoms with van der Waals surface area (Å²) in [7, 11) is 1.88. The summed E-state index contributed by atoms with van der Waals surface area (Å²) in [6, 6.07) is 8.31. The predicted octanol–water partition coefficient (Wildman–Crippen LogP) is 0.864. The average Bonchev–Trinajstić information content (AvgIpc) is 2.40. The summed E-state index contributed by atoms with van der Waals surface area (Å²) in [5, 5.41) is 12.8. The minimum atomic E-state index is -0.257. The van der Waals surface area contributed by atoms with Gasteiger partial charge in [-0.15, -0.1) is 0 Å². The van der Waals surface area contributed by atoms with Crippen molar-refractivity contribution in [3.05, 3.63) is 35.4 Å². The van der Waals surface area contributed by atoms with E-state index in [1.807, 2.05) is 19.2 Å².